The van der Waals surface area contributed by atoms with E-state index in [0.29, 0.717) is 45.4 Å². The van der Waals surface area contributed by atoms with Crippen molar-refractivity contribution in [1.82, 2.24) is 20.4 Å². The zero-order chi connectivity index (χ0) is 22.5. The van der Waals surface area contributed by atoms with Gasteiger partial charge in [-0.1, -0.05) is 36.4 Å². The summed E-state index contributed by atoms with van der Waals surface area (Å²) in [5, 5.41) is 5.55. The number of hydrogen-bond acceptors (Lipinski definition) is 4. The molecule has 0 aliphatic carbocycles. The van der Waals surface area contributed by atoms with Gasteiger partial charge in [-0.05, 0) is 48.1 Å². The Morgan fingerprint density at radius 3 is 2.53 bits per heavy atom. The first-order valence-corrected chi connectivity index (χ1v) is 10.9. The molecule has 2 aliphatic rings. The maximum Gasteiger partial charge on any atom is 0.324 e. The molecule has 2 aromatic carbocycles. The Bertz CT molecular complexity index is 979. The molecule has 4 rings (SSSR count). The first-order chi connectivity index (χ1) is 15.5. The van der Waals surface area contributed by atoms with Gasteiger partial charge in [-0.15, -0.1) is 0 Å². The Hall–Kier alpha value is -3.26. The lowest BCUT2D eigenvalue weighted by molar-refractivity contribution is -0.128. The predicted octanol–water partition coefficient (Wildman–Crippen LogP) is 1.85. The fourth-order valence-electron chi connectivity index (χ4n) is 4.28. The van der Waals surface area contributed by atoms with Crippen LogP contribution in [-0.2, 0) is 29.0 Å². The molecule has 32 heavy (non-hydrogen) atoms. The summed E-state index contributed by atoms with van der Waals surface area (Å²) in [6.45, 7) is 2.10. The fraction of sp³-hybridized carbons (Fsp3) is 0.375. The molecule has 2 aromatic rings. The molecule has 2 aliphatic heterocycles. The molecule has 1 saturated heterocycles. The van der Waals surface area contributed by atoms with Crippen molar-refractivity contribution in [3.63, 3.8) is 0 Å². The van der Waals surface area contributed by atoms with Crippen molar-refractivity contribution in [1.29, 1.82) is 0 Å². The molecular formula is C24H27FN4O3. The molecule has 0 bridgehead atoms. The Morgan fingerprint density at radius 1 is 1.06 bits per heavy atom. The van der Waals surface area contributed by atoms with Gasteiger partial charge in [0.15, 0.2) is 0 Å². The number of nitrogens with zero attached hydrogens (tertiary/aromatic N) is 2. The molecule has 0 aromatic heterocycles. The number of carbonyl (C=O) groups excluding carboxylic acids is 3. The second kappa shape index (κ2) is 9.91. The molecule has 0 radical (unpaired) electrons. The van der Waals surface area contributed by atoms with Crippen molar-refractivity contribution in [3.05, 3.63) is 71.0 Å². The van der Waals surface area contributed by atoms with Crippen molar-refractivity contribution in [3.8, 4) is 0 Å². The van der Waals surface area contributed by atoms with Crippen LogP contribution in [0.1, 0.15) is 23.1 Å². The SMILES string of the molecule is O=C(NCCc1ccc(F)cc1)C1Cc2ccccc2CN1CCCN1C(=O)CNC1=O. The number of fused-ring (bicyclic) bond motifs is 1. The van der Waals surface area contributed by atoms with E-state index in [0.717, 1.165) is 11.1 Å². The predicted molar refractivity (Wildman–Crippen MR) is 117 cm³/mol. The minimum Gasteiger partial charge on any atom is -0.354 e. The highest BCUT2D eigenvalue weighted by atomic mass is 19.1. The third kappa shape index (κ3) is 5.13. The summed E-state index contributed by atoms with van der Waals surface area (Å²) < 4.78 is 13.1. The maximum atomic E-state index is 13.1. The normalized spacial score (nSPS) is 18.4. The van der Waals surface area contributed by atoms with Gasteiger partial charge < -0.3 is 10.6 Å². The van der Waals surface area contributed by atoms with E-state index in [-0.39, 0.29) is 36.2 Å². The summed E-state index contributed by atoms with van der Waals surface area (Å²) in [5.74, 6) is -0.534. The molecule has 0 saturated carbocycles. The summed E-state index contributed by atoms with van der Waals surface area (Å²) in [6, 6.07) is 13.7. The van der Waals surface area contributed by atoms with Crippen molar-refractivity contribution < 1.29 is 18.8 Å². The molecular weight excluding hydrogens is 411 g/mol. The van der Waals surface area contributed by atoms with Gasteiger partial charge in [-0.2, -0.15) is 0 Å². The minimum atomic E-state index is -0.353. The number of amides is 4. The molecule has 1 fully saturated rings. The van der Waals surface area contributed by atoms with Gasteiger partial charge in [0.05, 0.1) is 12.6 Å². The van der Waals surface area contributed by atoms with Gasteiger partial charge in [-0.3, -0.25) is 19.4 Å². The smallest absolute Gasteiger partial charge is 0.324 e. The number of halogens is 1. The second-order valence-corrected chi connectivity index (χ2v) is 8.18. The average molecular weight is 439 g/mol. The standard InChI is InChI=1S/C24H27FN4O3/c25-20-8-6-17(7-9-20)10-11-26-23(31)21-14-18-4-1-2-5-19(18)16-28(21)12-3-13-29-22(30)15-27-24(29)32/h1-2,4-9,21H,3,10-16H2,(H,26,31)(H,27,32). The zero-order valence-electron chi connectivity index (χ0n) is 17.9. The van der Waals surface area contributed by atoms with Crippen LogP contribution < -0.4 is 10.6 Å². The Morgan fingerprint density at radius 2 is 1.81 bits per heavy atom. The number of urea groups is 1. The monoisotopic (exact) mass is 438 g/mol. The summed E-state index contributed by atoms with van der Waals surface area (Å²) in [7, 11) is 0. The van der Waals surface area contributed by atoms with E-state index in [1.54, 1.807) is 12.1 Å². The molecule has 8 heteroatoms. The Kier molecular flexibility index (Phi) is 6.80. The van der Waals surface area contributed by atoms with E-state index in [2.05, 4.69) is 27.7 Å². The molecule has 7 nitrogen and oxygen atoms in total. The number of nitrogens with one attached hydrogen (secondary N) is 2. The van der Waals surface area contributed by atoms with E-state index in [9.17, 15) is 18.8 Å². The van der Waals surface area contributed by atoms with E-state index < -0.39 is 0 Å². The van der Waals surface area contributed by atoms with Gasteiger partial charge in [-0.25, -0.2) is 9.18 Å². The lowest BCUT2D eigenvalue weighted by atomic mass is 9.93. The number of hydrogen-bond donors (Lipinski definition) is 2. The summed E-state index contributed by atoms with van der Waals surface area (Å²) >= 11 is 0. The van der Waals surface area contributed by atoms with Crippen LogP contribution in [0, 0.1) is 5.82 Å². The molecule has 1 unspecified atom stereocenters. The first kappa shape index (κ1) is 22.0. The van der Waals surface area contributed by atoms with E-state index in [1.807, 2.05) is 12.1 Å². The molecule has 4 amide bonds. The van der Waals surface area contributed by atoms with Crippen LogP contribution in [0.4, 0.5) is 9.18 Å². The molecule has 168 valence electrons. The minimum absolute atomic E-state index is 0.0448. The van der Waals surface area contributed by atoms with Crippen LogP contribution in [0.5, 0.6) is 0 Å². The Balaban J connectivity index is 1.36. The maximum absolute atomic E-state index is 13.1. The van der Waals surface area contributed by atoms with Gasteiger partial charge in [0.1, 0.15) is 5.82 Å². The summed E-state index contributed by atoms with van der Waals surface area (Å²) in [6.07, 6.45) is 1.84. The highest BCUT2D eigenvalue weighted by Crippen LogP contribution is 2.24. The first-order valence-electron chi connectivity index (χ1n) is 10.9. The van der Waals surface area contributed by atoms with Crippen molar-refractivity contribution in [2.45, 2.75) is 31.8 Å². The van der Waals surface area contributed by atoms with Gasteiger partial charge in [0.25, 0.3) is 0 Å². The van der Waals surface area contributed by atoms with Gasteiger partial charge in [0.2, 0.25) is 11.8 Å². The fourth-order valence-corrected chi connectivity index (χ4v) is 4.28. The molecule has 0 spiro atoms. The van der Waals surface area contributed by atoms with E-state index >= 15 is 0 Å². The van der Waals surface area contributed by atoms with Crippen molar-refractivity contribution in [2.75, 3.05) is 26.2 Å². The third-order valence-corrected chi connectivity index (χ3v) is 6.04. The van der Waals surface area contributed by atoms with Gasteiger partial charge >= 0.3 is 6.03 Å². The lowest BCUT2D eigenvalue weighted by Crippen LogP contribution is -2.51. The Labute approximate surface area is 186 Å². The van der Waals surface area contributed by atoms with Crippen molar-refractivity contribution in [2.24, 2.45) is 0 Å². The highest BCUT2D eigenvalue weighted by Gasteiger charge is 2.32. The highest BCUT2D eigenvalue weighted by molar-refractivity contribution is 6.01. The van der Waals surface area contributed by atoms with Crippen LogP contribution in [0.25, 0.3) is 0 Å². The molecule has 1 atom stereocenters. The number of rotatable bonds is 8. The third-order valence-electron chi connectivity index (χ3n) is 6.04. The van der Waals surface area contributed by atoms with Gasteiger partial charge in [0, 0.05) is 26.2 Å². The summed E-state index contributed by atoms with van der Waals surface area (Å²) in [4.78, 5) is 39.9. The van der Waals surface area contributed by atoms with Crippen LogP contribution in [0.2, 0.25) is 0 Å². The van der Waals surface area contributed by atoms with Crippen molar-refractivity contribution >= 4 is 17.8 Å². The molecule has 2 N–H and O–H groups in total. The van der Waals surface area contributed by atoms with E-state index in [4.69, 9.17) is 0 Å². The number of benzene rings is 2. The molecule has 2 heterocycles. The topological polar surface area (TPSA) is 81.8 Å². The number of carbonyl (C=O) groups is 3. The van der Waals surface area contributed by atoms with Crippen LogP contribution in [0.3, 0.4) is 0 Å². The summed E-state index contributed by atoms with van der Waals surface area (Å²) in [5.41, 5.74) is 3.32. The second-order valence-electron chi connectivity index (χ2n) is 8.18. The average Bonchev–Trinajstić information content (AvgIpc) is 3.12. The largest absolute Gasteiger partial charge is 0.354 e. The van der Waals surface area contributed by atoms with E-state index in [1.165, 1.54) is 22.6 Å². The van der Waals surface area contributed by atoms with Crippen LogP contribution in [0.15, 0.2) is 48.5 Å². The zero-order valence-corrected chi connectivity index (χ0v) is 17.9. The van der Waals surface area contributed by atoms with Crippen LogP contribution in [-0.4, -0.2) is 59.9 Å². The number of imide groups is 1. The van der Waals surface area contributed by atoms with Crippen LogP contribution >= 0.6 is 0 Å². The lowest BCUT2D eigenvalue weighted by Gasteiger charge is -2.36. The quantitative estimate of drug-likeness (QED) is 0.617.